The van der Waals surface area contributed by atoms with Crippen LogP contribution in [0.5, 0.6) is 0 Å². The fourth-order valence-electron chi connectivity index (χ4n) is 1.87. The van der Waals surface area contributed by atoms with E-state index in [0.29, 0.717) is 6.04 Å². The van der Waals surface area contributed by atoms with Gasteiger partial charge >= 0.3 is 0 Å². The van der Waals surface area contributed by atoms with Crippen molar-refractivity contribution in [3.63, 3.8) is 0 Å². The van der Waals surface area contributed by atoms with E-state index in [0.717, 1.165) is 13.1 Å². The van der Waals surface area contributed by atoms with Crippen LogP contribution >= 0.6 is 0 Å². The Morgan fingerprint density at radius 3 is 2.87 bits per heavy atom. The number of rotatable bonds is 7. The minimum atomic E-state index is 0.629. The van der Waals surface area contributed by atoms with E-state index in [1.165, 1.54) is 24.8 Å². The number of aryl methyl sites for hydroxylation is 2. The summed E-state index contributed by atoms with van der Waals surface area (Å²) in [6.07, 6.45) is 8.09. The Balaban J connectivity index is 2.30. The lowest BCUT2D eigenvalue weighted by molar-refractivity contribution is 0.530. The zero-order valence-corrected chi connectivity index (χ0v) is 10.3. The predicted molar refractivity (Wildman–Crippen MR) is 66.2 cm³/mol. The molecule has 1 atom stereocenters. The van der Waals surface area contributed by atoms with Gasteiger partial charge in [-0.1, -0.05) is 13.8 Å². The zero-order chi connectivity index (χ0) is 11.1. The number of hydrogen-bond donors (Lipinski definition) is 1. The predicted octanol–water partition coefficient (Wildman–Crippen LogP) is 2.83. The van der Waals surface area contributed by atoms with E-state index in [-0.39, 0.29) is 0 Å². The van der Waals surface area contributed by atoms with Crippen molar-refractivity contribution < 1.29 is 0 Å². The van der Waals surface area contributed by atoms with E-state index < -0.39 is 0 Å². The topological polar surface area (TPSA) is 17.0 Å². The first-order valence-electron chi connectivity index (χ1n) is 6.14. The molecule has 1 aromatic heterocycles. The molecule has 2 nitrogen and oxygen atoms in total. The van der Waals surface area contributed by atoms with Crippen molar-refractivity contribution >= 4 is 0 Å². The first-order chi connectivity index (χ1) is 7.26. The minimum absolute atomic E-state index is 0.629. The molecule has 0 saturated carbocycles. The van der Waals surface area contributed by atoms with Crippen LogP contribution in [0.2, 0.25) is 0 Å². The highest BCUT2D eigenvalue weighted by Gasteiger charge is 2.01. The van der Waals surface area contributed by atoms with Crippen molar-refractivity contribution in [2.24, 2.45) is 0 Å². The van der Waals surface area contributed by atoms with Crippen molar-refractivity contribution in [2.75, 3.05) is 6.54 Å². The van der Waals surface area contributed by atoms with Gasteiger partial charge in [0.2, 0.25) is 0 Å². The highest BCUT2D eigenvalue weighted by molar-refractivity contribution is 5.10. The van der Waals surface area contributed by atoms with Crippen LogP contribution in [-0.4, -0.2) is 17.2 Å². The average molecular weight is 208 g/mol. The third-order valence-electron chi connectivity index (χ3n) is 2.71. The molecule has 86 valence electrons. The molecule has 0 aliphatic rings. The van der Waals surface area contributed by atoms with E-state index >= 15 is 0 Å². The first-order valence-corrected chi connectivity index (χ1v) is 6.14. The molecule has 0 aliphatic heterocycles. The van der Waals surface area contributed by atoms with Crippen LogP contribution in [0.25, 0.3) is 0 Å². The Hall–Kier alpha value is -0.760. The SMILES string of the molecule is CCCn1ccc(CCC(C)NCC)c1. The van der Waals surface area contributed by atoms with Gasteiger partial charge in [0.15, 0.2) is 0 Å². The van der Waals surface area contributed by atoms with Gasteiger partial charge in [-0.2, -0.15) is 0 Å². The van der Waals surface area contributed by atoms with E-state index in [9.17, 15) is 0 Å². The van der Waals surface area contributed by atoms with Gasteiger partial charge in [-0.25, -0.2) is 0 Å². The molecule has 0 amide bonds. The van der Waals surface area contributed by atoms with Crippen molar-refractivity contribution in [3.05, 3.63) is 24.0 Å². The molecule has 1 heterocycles. The number of hydrogen-bond acceptors (Lipinski definition) is 1. The lowest BCUT2D eigenvalue weighted by Crippen LogP contribution is -2.25. The molecule has 0 aliphatic carbocycles. The highest BCUT2D eigenvalue weighted by atomic mass is 14.9. The smallest absolute Gasteiger partial charge is 0.0217 e. The molecule has 1 aromatic rings. The minimum Gasteiger partial charge on any atom is -0.354 e. The van der Waals surface area contributed by atoms with Crippen LogP contribution in [0.4, 0.5) is 0 Å². The molecular formula is C13H24N2. The van der Waals surface area contributed by atoms with Crippen LogP contribution in [-0.2, 0) is 13.0 Å². The molecule has 0 aromatic carbocycles. The van der Waals surface area contributed by atoms with Crippen LogP contribution < -0.4 is 5.32 Å². The number of aromatic nitrogens is 1. The van der Waals surface area contributed by atoms with Crippen LogP contribution in [0.3, 0.4) is 0 Å². The largest absolute Gasteiger partial charge is 0.354 e. The standard InChI is InChI=1S/C13H24N2/c1-4-9-15-10-8-13(11-15)7-6-12(3)14-5-2/h8,10-12,14H,4-7,9H2,1-3H3. The van der Waals surface area contributed by atoms with Crippen LogP contribution in [0.1, 0.15) is 39.2 Å². The van der Waals surface area contributed by atoms with Crippen molar-refractivity contribution in [2.45, 2.75) is 52.6 Å². The summed E-state index contributed by atoms with van der Waals surface area (Å²) in [6, 6.07) is 2.87. The lowest BCUT2D eigenvalue weighted by atomic mass is 10.1. The molecule has 1 unspecified atom stereocenters. The van der Waals surface area contributed by atoms with Gasteiger partial charge in [0, 0.05) is 25.0 Å². The Kier molecular flexibility index (Phi) is 5.48. The second-order valence-corrected chi connectivity index (χ2v) is 4.25. The molecule has 0 radical (unpaired) electrons. The third-order valence-corrected chi connectivity index (χ3v) is 2.71. The molecule has 0 saturated heterocycles. The molecular weight excluding hydrogens is 184 g/mol. The second-order valence-electron chi connectivity index (χ2n) is 4.25. The Morgan fingerprint density at radius 1 is 1.40 bits per heavy atom. The van der Waals surface area contributed by atoms with Crippen molar-refractivity contribution in [3.8, 4) is 0 Å². The average Bonchev–Trinajstić information content (AvgIpc) is 2.64. The van der Waals surface area contributed by atoms with Crippen LogP contribution in [0.15, 0.2) is 18.5 Å². The Morgan fingerprint density at radius 2 is 2.20 bits per heavy atom. The van der Waals surface area contributed by atoms with Crippen molar-refractivity contribution in [1.29, 1.82) is 0 Å². The van der Waals surface area contributed by atoms with Crippen molar-refractivity contribution in [1.82, 2.24) is 9.88 Å². The maximum absolute atomic E-state index is 3.44. The van der Waals surface area contributed by atoms with Gasteiger partial charge < -0.3 is 9.88 Å². The van der Waals surface area contributed by atoms with E-state index in [4.69, 9.17) is 0 Å². The lowest BCUT2D eigenvalue weighted by Gasteiger charge is -2.10. The van der Waals surface area contributed by atoms with E-state index in [1.54, 1.807) is 0 Å². The molecule has 15 heavy (non-hydrogen) atoms. The fourth-order valence-corrected chi connectivity index (χ4v) is 1.87. The van der Waals surface area contributed by atoms with Crippen LogP contribution in [0, 0.1) is 0 Å². The summed E-state index contributed by atoms with van der Waals surface area (Å²) in [5.41, 5.74) is 1.47. The summed E-state index contributed by atoms with van der Waals surface area (Å²) in [6.45, 7) is 8.84. The van der Waals surface area contributed by atoms with Gasteiger partial charge in [-0.05, 0) is 44.4 Å². The Bertz CT molecular complexity index is 265. The first kappa shape index (κ1) is 12.3. The molecule has 2 heteroatoms. The summed E-state index contributed by atoms with van der Waals surface area (Å²) in [5.74, 6) is 0. The summed E-state index contributed by atoms with van der Waals surface area (Å²) in [5, 5.41) is 3.44. The quantitative estimate of drug-likeness (QED) is 0.729. The van der Waals surface area contributed by atoms with Gasteiger partial charge in [0.25, 0.3) is 0 Å². The monoisotopic (exact) mass is 208 g/mol. The van der Waals surface area contributed by atoms with Gasteiger partial charge in [-0.15, -0.1) is 0 Å². The van der Waals surface area contributed by atoms with E-state index in [1.807, 2.05) is 0 Å². The summed E-state index contributed by atoms with van der Waals surface area (Å²) < 4.78 is 2.28. The number of nitrogens with one attached hydrogen (secondary N) is 1. The third kappa shape index (κ3) is 4.52. The fraction of sp³-hybridized carbons (Fsp3) is 0.692. The maximum atomic E-state index is 3.44. The summed E-state index contributed by atoms with van der Waals surface area (Å²) >= 11 is 0. The highest BCUT2D eigenvalue weighted by Crippen LogP contribution is 2.07. The maximum Gasteiger partial charge on any atom is 0.0217 e. The zero-order valence-electron chi connectivity index (χ0n) is 10.3. The Labute approximate surface area is 93.7 Å². The van der Waals surface area contributed by atoms with Gasteiger partial charge in [0.1, 0.15) is 0 Å². The summed E-state index contributed by atoms with van der Waals surface area (Å²) in [7, 11) is 0. The molecule has 1 rings (SSSR count). The number of nitrogens with zero attached hydrogens (tertiary/aromatic N) is 1. The second kappa shape index (κ2) is 6.67. The summed E-state index contributed by atoms with van der Waals surface area (Å²) in [4.78, 5) is 0. The van der Waals surface area contributed by atoms with E-state index in [2.05, 4.69) is 49.1 Å². The van der Waals surface area contributed by atoms with Gasteiger partial charge in [0.05, 0.1) is 0 Å². The molecule has 0 spiro atoms. The molecule has 0 fully saturated rings. The van der Waals surface area contributed by atoms with Gasteiger partial charge in [-0.3, -0.25) is 0 Å². The molecule has 0 bridgehead atoms. The normalized spacial score (nSPS) is 13.0. The molecule has 1 N–H and O–H groups in total.